The highest BCUT2D eigenvalue weighted by molar-refractivity contribution is 5.94. The van der Waals surface area contributed by atoms with Crippen LogP contribution in [0.3, 0.4) is 0 Å². The minimum atomic E-state index is -0.885. The van der Waals surface area contributed by atoms with Gasteiger partial charge in [0.2, 0.25) is 0 Å². The SMILES string of the molecule is O=C(O)c1ccccc1NCCCNC1CC1. The number of hydrogen-bond donors (Lipinski definition) is 3. The minimum Gasteiger partial charge on any atom is -0.478 e. The molecule has 4 nitrogen and oxygen atoms in total. The molecule has 0 spiro atoms. The first-order valence-corrected chi connectivity index (χ1v) is 6.07. The number of hydrogen-bond acceptors (Lipinski definition) is 3. The van der Waals surface area contributed by atoms with Crippen molar-refractivity contribution in [1.82, 2.24) is 5.32 Å². The van der Waals surface area contributed by atoms with Crippen LogP contribution in [0, 0.1) is 0 Å². The summed E-state index contributed by atoms with van der Waals surface area (Å²) >= 11 is 0. The Bertz CT molecular complexity index is 389. The normalized spacial score (nSPS) is 14.6. The zero-order valence-electron chi connectivity index (χ0n) is 9.78. The summed E-state index contributed by atoms with van der Waals surface area (Å²) in [5.74, 6) is -0.885. The Morgan fingerprint density at radius 2 is 2.06 bits per heavy atom. The molecule has 0 radical (unpaired) electrons. The fourth-order valence-electron chi connectivity index (χ4n) is 1.73. The van der Waals surface area contributed by atoms with Crippen molar-refractivity contribution in [2.75, 3.05) is 18.4 Å². The van der Waals surface area contributed by atoms with E-state index in [1.54, 1.807) is 18.2 Å². The van der Waals surface area contributed by atoms with Crippen molar-refractivity contribution in [2.24, 2.45) is 0 Å². The Morgan fingerprint density at radius 3 is 2.76 bits per heavy atom. The number of carboxylic acids is 1. The number of para-hydroxylation sites is 1. The lowest BCUT2D eigenvalue weighted by atomic mass is 10.2. The molecule has 1 aliphatic rings. The molecule has 1 aromatic carbocycles. The lowest BCUT2D eigenvalue weighted by molar-refractivity contribution is 0.0698. The first kappa shape index (κ1) is 11.9. The molecule has 0 aromatic heterocycles. The van der Waals surface area contributed by atoms with E-state index in [2.05, 4.69) is 10.6 Å². The first-order valence-electron chi connectivity index (χ1n) is 6.07. The van der Waals surface area contributed by atoms with Crippen LogP contribution in [-0.2, 0) is 0 Å². The number of anilines is 1. The summed E-state index contributed by atoms with van der Waals surface area (Å²) in [7, 11) is 0. The van der Waals surface area contributed by atoms with Crippen LogP contribution < -0.4 is 10.6 Å². The van der Waals surface area contributed by atoms with Gasteiger partial charge >= 0.3 is 5.97 Å². The fraction of sp³-hybridized carbons (Fsp3) is 0.462. The smallest absolute Gasteiger partial charge is 0.337 e. The molecule has 3 N–H and O–H groups in total. The molecule has 92 valence electrons. The number of nitrogens with one attached hydrogen (secondary N) is 2. The average Bonchev–Trinajstić information content (AvgIpc) is 3.13. The van der Waals surface area contributed by atoms with Crippen molar-refractivity contribution >= 4 is 11.7 Å². The van der Waals surface area contributed by atoms with Crippen LogP contribution in [0.25, 0.3) is 0 Å². The molecule has 0 saturated heterocycles. The maximum Gasteiger partial charge on any atom is 0.337 e. The maximum atomic E-state index is 11.0. The Morgan fingerprint density at radius 1 is 1.29 bits per heavy atom. The predicted molar refractivity (Wildman–Crippen MR) is 67.5 cm³/mol. The van der Waals surface area contributed by atoms with E-state index < -0.39 is 5.97 Å². The van der Waals surface area contributed by atoms with Gasteiger partial charge in [0.1, 0.15) is 0 Å². The molecule has 0 heterocycles. The van der Waals surface area contributed by atoms with Crippen molar-refractivity contribution in [3.8, 4) is 0 Å². The number of aromatic carboxylic acids is 1. The zero-order valence-corrected chi connectivity index (χ0v) is 9.78. The van der Waals surface area contributed by atoms with Crippen LogP contribution >= 0.6 is 0 Å². The van der Waals surface area contributed by atoms with Crippen LogP contribution in [0.15, 0.2) is 24.3 Å². The summed E-state index contributed by atoms with van der Waals surface area (Å²) in [5.41, 5.74) is 1.04. The topological polar surface area (TPSA) is 61.4 Å². The van der Waals surface area contributed by atoms with Gasteiger partial charge in [-0.25, -0.2) is 4.79 Å². The van der Waals surface area contributed by atoms with E-state index in [1.165, 1.54) is 12.8 Å². The lowest BCUT2D eigenvalue weighted by Crippen LogP contribution is -2.20. The van der Waals surface area contributed by atoms with Gasteiger partial charge in [-0.1, -0.05) is 12.1 Å². The van der Waals surface area contributed by atoms with Crippen molar-refractivity contribution < 1.29 is 9.90 Å². The Balaban J connectivity index is 1.75. The summed E-state index contributed by atoms with van der Waals surface area (Å²) < 4.78 is 0. The van der Waals surface area contributed by atoms with E-state index in [-0.39, 0.29) is 0 Å². The minimum absolute atomic E-state index is 0.336. The Labute approximate surface area is 101 Å². The average molecular weight is 234 g/mol. The Kier molecular flexibility index (Phi) is 3.98. The number of benzene rings is 1. The molecule has 1 aliphatic carbocycles. The van der Waals surface area contributed by atoms with Crippen molar-refractivity contribution in [3.63, 3.8) is 0 Å². The maximum absolute atomic E-state index is 11.0. The number of carboxylic acid groups (broad SMARTS) is 1. The highest BCUT2D eigenvalue weighted by Crippen LogP contribution is 2.18. The molecule has 0 amide bonds. The van der Waals surface area contributed by atoms with Gasteiger partial charge in [0.25, 0.3) is 0 Å². The summed E-state index contributed by atoms with van der Waals surface area (Å²) in [6, 6.07) is 7.74. The van der Waals surface area contributed by atoms with Crippen LogP contribution in [0.5, 0.6) is 0 Å². The van der Waals surface area contributed by atoms with Crippen molar-refractivity contribution in [2.45, 2.75) is 25.3 Å². The van der Waals surface area contributed by atoms with Crippen LogP contribution in [0.4, 0.5) is 5.69 Å². The van der Waals surface area contributed by atoms with E-state index in [1.807, 2.05) is 6.07 Å². The van der Waals surface area contributed by atoms with Gasteiger partial charge in [-0.15, -0.1) is 0 Å². The molecule has 1 fully saturated rings. The summed E-state index contributed by atoms with van der Waals surface area (Å²) in [6.45, 7) is 1.79. The zero-order chi connectivity index (χ0) is 12.1. The van der Waals surface area contributed by atoms with Crippen molar-refractivity contribution in [1.29, 1.82) is 0 Å². The van der Waals surface area contributed by atoms with E-state index in [4.69, 9.17) is 5.11 Å². The van der Waals surface area contributed by atoms with E-state index >= 15 is 0 Å². The summed E-state index contributed by atoms with van der Waals surface area (Å²) in [4.78, 5) is 11.0. The molecule has 1 aromatic rings. The molecule has 1 saturated carbocycles. The molecule has 0 atom stereocenters. The van der Waals surface area contributed by atoms with Gasteiger partial charge in [0, 0.05) is 18.3 Å². The fourth-order valence-corrected chi connectivity index (χ4v) is 1.73. The van der Waals surface area contributed by atoms with Crippen LogP contribution in [0.2, 0.25) is 0 Å². The highest BCUT2D eigenvalue weighted by atomic mass is 16.4. The second-order valence-corrected chi connectivity index (χ2v) is 4.36. The molecule has 17 heavy (non-hydrogen) atoms. The monoisotopic (exact) mass is 234 g/mol. The summed E-state index contributed by atoms with van der Waals surface area (Å²) in [6.07, 6.45) is 3.61. The molecular weight excluding hydrogens is 216 g/mol. The molecule has 4 heteroatoms. The number of rotatable bonds is 7. The van der Waals surface area contributed by atoms with Gasteiger partial charge in [-0.2, -0.15) is 0 Å². The molecule has 2 rings (SSSR count). The number of carbonyl (C=O) groups is 1. The van der Waals surface area contributed by atoms with Crippen molar-refractivity contribution in [3.05, 3.63) is 29.8 Å². The van der Waals surface area contributed by atoms with E-state index in [0.717, 1.165) is 25.6 Å². The molecule has 0 unspecified atom stereocenters. The predicted octanol–water partition coefficient (Wildman–Crippen LogP) is 1.94. The Hall–Kier alpha value is -1.55. The van der Waals surface area contributed by atoms with Gasteiger partial charge < -0.3 is 15.7 Å². The van der Waals surface area contributed by atoms with Crippen LogP contribution in [0.1, 0.15) is 29.6 Å². The largest absolute Gasteiger partial charge is 0.478 e. The lowest BCUT2D eigenvalue weighted by Gasteiger charge is -2.09. The molecule has 0 aliphatic heterocycles. The van der Waals surface area contributed by atoms with Crippen LogP contribution in [-0.4, -0.2) is 30.2 Å². The van der Waals surface area contributed by atoms with Gasteiger partial charge in [-0.05, 0) is 37.9 Å². The third-order valence-corrected chi connectivity index (χ3v) is 2.84. The second-order valence-electron chi connectivity index (χ2n) is 4.36. The summed E-state index contributed by atoms with van der Waals surface area (Å²) in [5, 5.41) is 15.6. The van der Waals surface area contributed by atoms with E-state index in [9.17, 15) is 4.79 Å². The first-order chi connectivity index (χ1) is 8.27. The highest BCUT2D eigenvalue weighted by Gasteiger charge is 2.19. The second kappa shape index (κ2) is 5.68. The molecule has 0 bridgehead atoms. The van der Waals surface area contributed by atoms with Gasteiger partial charge in [0.05, 0.1) is 5.56 Å². The molecular formula is C13H18N2O2. The van der Waals surface area contributed by atoms with Gasteiger partial charge in [0.15, 0.2) is 0 Å². The van der Waals surface area contributed by atoms with E-state index in [0.29, 0.717) is 11.3 Å². The van der Waals surface area contributed by atoms with Gasteiger partial charge in [-0.3, -0.25) is 0 Å². The quantitative estimate of drug-likeness (QED) is 0.631. The third-order valence-electron chi connectivity index (χ3n) is 2.84. The standard InChI is InChI=1S/C13H18N2O2/c16-13(17)11-4-1-2-5-12(11)15-9-3-8-14-10-6-7-10/h1-2,4-5,10,14-15H,3,6-9H2,(H,16,17). The third kappa shape index (κ3) is 3.75.